The van der Waals surface area contributed by atoms with Crippen LogP contribution in [0.4, 0.5) is 5.82 Å². The fourth-order valence-corrected chi connectivity index (χ4v) is 3.63. The highest BCUT2D eigenvalue weighted by atomic mass is 32.2. The molecule has 29 heavy (non-hydrogen) atoms. The molecule has 0 bridgehead atoms. The molecule has 150 valence electrons. The van der Waals surface area contributed by atoms with Gasteiger partial charge in [0, 0.05) is 31.1 Å². The average molecular weight is 407 g/mol. The number of carboxylic acids is 1. The summed E-state index contributed by atoms with van der Waals surface area (Å²) in [6.45, 7) is 5.01. The summed E-state index contributed by atoms with van der Waals surface area (Å²) in [6, 6.07) is 19.1. The minimum atomic E-state index is -1.16. The molecule has 0 N–H and O–H groups in total. The van der Waals surface area contributed by atoms with E-state index in [1.165, 1.54) is 5.56 Å². The first-order valence-electron chi connectivity index (χ1n) is 9.49. The van der Waals surface area contributed by atoms with E-state index in [-0.39, 0.29) is 5.56 Å². The van der Waals surface area contributed by atoms with Crippen LogP contribution in [-0.2, 0) is 12.3 Å². The number of carbonyl (C=O) groups excluding carboxylic acids is 1. The number of hydrogen-bond donors (Lipinski definition) is 0. The summed E-state index contributed by atoms with van der Waals surface area (Å²) in [6.07, 6.45) is 0. The number of anilines is 1. The Kier molecular flexibility index (Phi) is 6.88. The van der Waals surface area contributed by atoms with Crippen molar-refractivity contribution in [2.75, 3.05) is 11.9 Å². The van der Waals surface area contributed by atoms with E-state index in [1.54, 1.807) is 36.0 Å². The molecule has 0 amide bonds. The molecule has 0 saturated heterocycles. The molecule has 0 atom stereocenters. The number of aromatic carboxylic acids is 1. The van der Waals surface area contributed by atoms with Crippen molar-refractivity contribution in [2.24, 2.45) is 0 Å². The normalized spacial score (nSPS) is 10.9. The second kappa shape index (κ2) is 9.56. The molecule has 0 aliphatic heterocycles. The van der Waals surface area contributed by atoms with E-state index in [9.17, 15) is 9.90 Å². The topological polar surface area (TPSA) is 69.2 Å². The molecule has 0 radical (unpaired) electrons. The van der Waals surface area contributed by atoms with Crippen molar-refractivity contribution < 1.29 is 9.90 Å². The maximum absolute atomic E-state index is 10.9. The fraction of sp³-hybridized carbons (Fsp3) is 0.261. The second-order valence-corrected chi connectivity index (χ2v) is 8.15. The van der Waals surface area contributed by atoms with Crippen LogP contribution in [0.3, 0.4) is 0 Å². The minimum Gasteiger partial charge on any atom is -0.545 e. The van der Waals surface area contributed by atoms with E-state index in [4.69, 9.17) is 9.97 Å². The molecular weight excluding hydrogens is 382 g/mol. The first-order chi connectivity index (χ1) is 13.9. The van der Waals surface area contributed by atoms with Gasteiger partial charge in [0.15, 0.2) is 5.16 Å². The Bertz CT molecular complexity index is 960. The monoisotopic (exact) mass is 406 g/mol. The van der Waals surface area contributed by atoms with Gasteiger partial charge in [-0.15, -0.1) is 0 Å². The predicted octanol–water partition coefficient (Wildman–Crippen LogP) is 3.89. The highest BCUT2D eigenvalue weighted by Gasteiger charge is 2.12. The van der Waals surface area contributed by atoms with E-state index < -0.39 is 5.97 Å². The van der Waals surface area contributed by atoms with Crippen molar-refractivity contribution in [2.45, 2.75) is 37.2 Å². The molecule has 0 spiro atoms. The average Bonchev–Trinajstić information content (AvgIpc) is 2.73. The Morgan fingerprint density at radius 3 is 2.34 bits per heavy atom. The number of hydrogen-bond acceptors (Lipinski definition) is 6. The van der Waals surface area contributed by atoms with Crippen LogP contribution in [0.5, 0.6) is 0 Å². The molecule has 6 heteroatoms. The summed E-state index contributed by atoms with van der Waals surface area (Å²) in [5.74, 6) is 0.686. The van der Waals surface area contributed by atoms with Crippen LogP contribution >= 0.6 is 11.8 Å². The lowest BCUT2D eigenvalue weighted by Crippen LogP contribution is -2.21. The number of nitrogens with zero attached hydrogens (tertiary/aromatic N) is 3. The molecule has 0 saturated carbocycles. The van der Waals surface area contributed by atoms with Crippen LogP contribution in [0.2, 0.25) is 0 Å². The Balaban J connectivity index is 1.76. The number of aromatic nitrogens is 2. The molecule has 2 aromatic carbocycles. The van der Waals surface area contributed by atoms with Gasteiger partial charge in [-0.25, -0.2) is 9.97 Å². The highest BCUT2D eigenvalue weighted by Crippen LogP contribution is 2.26. The number of thioether (sulfide) groups is 1. The zero-order valence-electron chi connectivity index (χ0n) is 16.8. The number of carbonyl (C=O) groups is 1. The van der Waals surface area contributed by atoms with Crippen LogP contribution in [0.1, 0.15) is 46.9 Å². The van der Waals surface area contributed by atoms with Crippen molar-refractivity contribution in [3.05, 3.63) is 83.0 Å². The first kappa shape index (κ1) is 20.9. The minimum absolute atomic E-state index is 0.182. The van der Waals surface area contributed by atoms with E-state index in [0.29, 0.717) is 11.7 Å². The summed E-state index contributed by atoms with van der Waals surface area (Å²) < 4.78 is 0. The van der Waals surface area contributed by atoms with Crippen molar-refractivity contribution >= 4 is 23.5 Å². The number of benzene rings is 2. The number of rotatable bonds is 8. The second-order valence-electron chi connectivity index (χ2n) is 7.20. The highest BCUT2D eigenvalue weighted by molar-refractivity contribution is 7.98. The Morgan fingerprint density at radius 2 is 1.72 bits per heavy atom. The lowest BCUT2D eigenvalue weighted by atomic mass is 10.1. The van der Waals surface area contributed by atoms with Gasteiger partial charge in [0.05, 0.1) is 5.97 Å². The first-order valence-corrected chi connectivity index (χ1v) is 10.5. The van der Waals surface area contributed by atoms with Gasteiger partial charge in [0.1, 0.15) is 5.82 Å². The van der Waals surface area contributed by atoms with E-state index in [0.717, 1.165) is 28.8 Å². The van der Waals surface area contributed by atoms with Gasteiger partial charge in [0.2, 0.25) is 0 Å². The summed E-state index contributed by atoms with van der Waals surface area (Å²) in [4.78, 5) is 22.5. The van der Waals surface area contributed by atoms with E-state index in [2.05, 4.69) is 30.9 Å². The lowest BCUT2D eigenvalue weighted by molar-refractivity contribution is -0.255. The number of carboxylic acid groups (broad SMARTS) is 1. The van der Waals surface area contributed by atoms with Gasteiger partial charge >= 0.3 is 0 Å². The Labute approximate surface area is 175 Å². The molecule has 1 heterocycles. The van der Waals surface area contributed by atoms with Gasteiger partial charge in [-0.05, 0) is 22.6 Å². The van der Waals surface area contributed by atoms with Crippen LogP contribution < -0.4 is 10.0 Å². The van der Waals surface area contributed by atoms with Gasteiger partial charge in [0.25, 0.3) is 0 Å². The van der Waals surface area contributed by atoms with Crippen LogP contribution in [-0.4, -0.2) is 23.0 Å². The van der Waals surface area contributed by atoms with Crippen molar-refractivity contribution in [3.8, 4) is 0 Å². The predicted molar refractivity (Wildman–Crippen MR) is 115 cm³/mol. The zero-order chi connectivity index (χ0) is 20.8. The summed E-state index contributed by atoms with van der Waals surface area (Å²) in [5, 5.41) is 11.6. The van der Waals surface area contributed by atoms with Gasteiger partial charge in [-0.1, -0.05) is 80.2 Å². The quantitative estimate of drug-likeness (QED) is 0.418. The molecule has 5 nitrogen and oxygen atoms in total. The third-order valence-electron chi connectivity index (χ3n) is 4.51. The Morgan fingerprint density at radius 1 is 1.03 bits per heavy atom. The van der Waals surface area contributed by atoms with Crippen LogP contribution in [0.25, 0.3) is 0 Å². The standard InChI is InChI=1S/C23H25N3O2S/c1-16(2)20-13-21(26(3)14-17-7-5-4-6-8-17)25-23(24-20)29-15-18-9-11-19(12-10-18)22(27)28/h4-13,16H,14-15H2,1-3H3,(H,27,28)/p-1. The summed E-state index contributed by atoms with van der Waals surface area (Å²) >= 11 is 1.55. The molecule has 0 unspecified atom stereocenters. The van der Waals surface area contributed by atoms with Gasteiger partial charge in [-0.2, -0.15) is 0 Å². The van der Waals surface area contributed by atoms with Crippen molar-refractivity contribution in [1.82, 2.24) is 9.97 Å². The van der Waals surface area contributed by atoms with Crippen LogP contribution in [0.15, 0.2) is 65.8 Å². The van der Waals surface area contributed by atoms with E-state index >= 15 is 0 Å². The molecule has 0 aliphatic rings. The van der Waals surface area contributed by atoms with Crippen molar-refractivity contribution in [3.63, 3.8) is 0 Å². The van der Waals surface area contributed by atoms with Gasteiger partial charge in [-0.3, -0.25) is 0 Å². The van der Waals surface area contributed by atoms with Crippen LogP contribution in [0, 0.1) is 0 Å². The molecule has 0 fully saturated rings. The maximum atomic E-state index is 10.9. The molecule has 1 aromatic heterocycles. The maximum Gasteiger partial charge on any atom is 0.190 e. The fourth-order valence-electron chi connectivity index (χ4n) is 2.81. The van der Waals surface area contributed by atoms with Gasteiger partial charge < -0.3 is 14.8 Å². The molecule has 3 rings (SSSR count). The van der Waals surface area contributed by atoms with Crippen molar-refractivity contribution in [1.29, 1.82) is 0 Å². The smallest absolute Gasteiger partial charge is 0.190 e. The third kappa shape index (κ3) is 5.81. The summed E-state index contributed by atoms with van der Waals surface area (Å²) in [5.41, 5.74) is 3.42. The molecule has 0 aliphatic carbocycles. The molecule has 3 aromatic rings. The largest absolute Gasteiger partial charge is 0.545 e. The summed E-state index contributed by atoms with van der Waals surface area (Å²) in [7, 11) is 2.03. The SMILES string of the molecule is CC(C)c1cc(N(C)Cc2ccccc2)nc(SCc2ccc(C(=O)[O-])cc2)n1. The zero-order valence-corrected chi connectivity index (χ0v) is 17.6. The van der Waals surface area contributed by atoms with E-state index in [1.807, 2.05) is 31.3 Å². The lowest BCUT2D eigenvalue weighted by Gasteiger charge is -2.20. The molecular formula is C23H24N3O2S-. The third-order valence-corrected chi connectivity index (χ3v) is 5.43. The Hall–Kier alpha value is -2.86.